The second kappa shape index (κ2) is 4.02. The van der Waals surface area contributed by atoms with Gasteiger partial charge in [0.2, 0.25) is 0 Å². The van der Waals surface area contributed by atoms with E-state index in [-0.39, 0.29) is 0 Å². The third kappa shape index (κ3) is 1.92. The molecule has 0 saturated heterocycles. The molecule has 1 rings (SSSR count). The van der Waals surface area contributed by atoms with E-state index in [9.17, 15) is 0 Å². The molecular formula is C13H26. The van der Waals surface area contributed by atoms with Crippen LogP contribution in [0.2, 0.25) is 0 Å². The van der Waals surface area contributed by atoms with Gasteiger partial charge in [-0.2, -0.15) is 0 Å². The van der Waals surface area contributed by atoms with E-state index in [1.165, 1.54) is 44.9 Å². The maximum atomic E-state index is 2.38. The molecule has 0 aromatic heterocycles. The van der Waals surface area contributed by atoms with Crippen molar-refractivity contribution in [3.8, 4) is 0 Å². The van der Waals surface area contributed by atoms with Crippen molar-refractivity contribution in [3.05, 3.63) is 0 Å². The molecule has 78 valence electrons. The largest absolute Gasteiger partial charge is 0.0649 e. The molecule has 0 heterocycles. The lowest BCUT2D eigenvalue weighted by atomic mass is 9.74. The second-order valence-corrected chi connectivity index (χ2v) is 5.09. The Kier molecular flexibility index (Phi) is 3.43. The molecule has 0 nitrogen and oxygen atoms in total. The standard InChI is InChI=1S/C13H26/c1-5-12(6-2)9-10-13(7-3,8-4)11-12/h5-11H2,1-4H3. The van der Waals surface area contributed by atoms with Gasteiger partial charge in [0.1, 0.15) is 0 Å². The summed E-state index contributed by atoms with van der Waals surface area (Å²) < 4.78 is 0. The summed E-state index contributed by atoms with van der Waals surface area (Å²) in [5, 5.41) is 0. The van der Waals surface area contributed by atoms with Crippen LogP contribution in [-0.2, 0) is 0 Å². The van der Waals surface area contributed by atoms with Crippen LogP contribution in [0.5, 0.6) is 0 Å². The molecule has 0 atom stereocenters. The molecule has 0 aromatic carbocycles. The average Bonchev–Trinajstić information content (AvgIpc) is 2.59. The first-order valence-corrected chi connectivity index (χ1v) is 6.16. The van der Waals surface area contributed by atoms with Crippen LogP contribution in [-0.4, -0.2) is 0 Å². The van der Waals surface area contributed by atoms with Crippen molar-refractivity contribution in [1.82, 2.24) is 0 Å². The molecule has 0 radical (unpaired) electrons. The van der Waals surface area contributed by atoms with E-state index in [0.29, 0.717) is 10.8 Å². The first kappa shape index (κ1) is 11.1. The van der Waals surface area contributed by atoms with Crippen LogP contribution in [0.4, 0.5) is 0 Å². The Bertz CT molecular complexity index is 131. The Morgan fingerprint density at radius 1 is 0.692 bits per heavy atom. The Hall–Kier alpha value is 0. The van der Waals surface area contributed by atoms with E-state index in [1.807, 2.05) is 0 Å². The molecule has 0 bridgehead atoms. The Morgan fingerprint density at radius 3 is 1.15 bits per heavy atom. The van der Waals surface area contributed by atoms with E-state index in [1.54, 1.807) is 0 Å². The van der Waals surface area contributed by atoms with Crippen molar-refractivity contribution < 1.29 is 0 Å². The second-order valence-electron chi connectivity index (χ2n) is 5.09. The zero-order chi connectivity index (χ0) is 9.95. The van der Waals surface area contributed by atoms with Crippen molar-refractivity contribution in [2.24, 2.45) is 10.8 Å². The van der Waals surface area contributed by atoms with Gasteiger partial charge in [-0.25, -0.2) is 0 Å². The smallest absolute Gasteiger partial charge is 0.0297 e. The van der Waals surface area contributed by atoms with Crippen LogP contribution in [0, 0.1) is 10.8 Å². The first-order valence-electron chi connectivity index (χ1n) is 6.16. The van der Waals surface area contributed by atoms with Gasteiger partial charge >= 0.3 is 0 Å². The molecule has 1 aliphatic carbocycles. The molecule has 0 heteroatoms. The maximum Gasteiger partial charge on any atom is -0.0297 e. The molecule has 0 spiro atoms. The monoisotopic (exact) mass is 182 g/mol. The summed E-state index contributed by atoms with van der Waals surface area (Å²) in [6.07, 6.45) is 10.1. The Balaban J connectivity index is 2.69. The highest BCUT2D eigenvalue weighted by molar-refractivity contribution is 4.95. The third-order valence-electron chi connectivity index (χ3n) is 4.94. The summed E-state index contributed by atoms with van der Waals surface area (Å²) in [5.41, 5.74) is 1.43. The van der Waals surface area contributed by atoms with E-state index in [0.717, 1.165) is 0 Å². The summed E-state index contributed by atoms with van der Waals surface area (Å²) >= 11 is 0. The highest BCUT2D eigenvalue weighted by Crippen LogP contribution is 2.56. The van der Waals surface area contributed by atoms with Gasteiger partial charge in [-0.3, -0.25) is 0 Å². The minimum absolute atomic E-state index is 0.714. The predicted molar refractivity (Wildman–Crippen MR) is 59.9 cm³/mol. The van der Waals surface area contributed by atoms with Gasteiger partial charge in [0, 0.05) is 0 Å². The summed E-state index contributed by atoms with van der Waals surface area (Å²) in [6.45, 7) is 9.52. The Labute approximate surface area is 84.1 Å². The van der Waals surface area contributed by atoms with Gasteiger partial charge in [-0.05, 0) is 30.1 Å². The molecular weight excluding hydrogens is 156 g/mol. The van der Waals surface area contributed by atoms with Gasteiger partial charge in [-0.1, -0.05) is 53.4 Å². The zero-order valence-corrected chi connectivity index (χ0v) is 9.95. The van der Waals surface area contributed by atoms with Crippen LogP contribution in [0.25, 0.3) is 0 Å². The van der Waals surface area contributed by atoms with Crippen LogP contribution in [0.3, 0.4) is 0 Å². The minimum Gasteiger partial charge on any atom is -0.0649 e. The topological polar surface area (TPSA) is 0 Å². The summed E-state index contributed by atoms with van der Waals surface area (Å²) in [4.78, 5) is 0. The lowest BCUT2D eigenvalue weighted by molar-refractivity contribution is 0.197. The minimum atomic E-state index is 0.714. The van der Waals surface area contributed by atoms with Crippen LogP contribution >= 0.6 is 0 Å². The molecule has 1 aliphatic rings. The number of hydrogen-bond donors (Lipinski definition) is 0. The zero-order valence-electron chi connectivity index (χ0n) is 9.95. The summed E-state index contributed by atoms with van der Waals surface area (Å²) in [6, 6.07) is 0. The van der Waals surface area contributed by atoms with E-state index in [4.69, 9.17) is 0 Å². The SMILES string of the molecule is CCC1(CC)CCC(CC)(CC)C1. The van der Waals surface area contributed by atoms with Gasteiger partial charge in [0.05, 0.1) is 0 Å². The molecule has 0 N–H and O–H groups in total. The predicted octanol–water partition coefficient (Wildman–Crippen LogP) is 4.78. The fourth-order valence-electron chi connectivity index (χ4n) is 3.21. The van der Waals surface area contributed by atoms with Crippen LogP contribution in [0.1, 0.15) is 72.6 Å². The first-order chi connectivity index (χ1) is 6.16. The van der Waals surface area contributed by atoms with Gasteiger partial charge < -0.3 is 0 Å². The van der Waals surface area contributed by atoms with Gasteiger partial charge in [0.15, 0.2) is 0 Å². The average molecular weight is 182 g/mol. The Morgan fingerprint density at radius 2 is 1.00 bits per heavy atom. The van der Waals surface area contributed by atoms with Crippen molar-refractivity contribution in [1.29, 1.82) is 0 Å². The van der Waals surface area contributed by atoms with Crippen LogP contribution < -0.4 is 0 Å². The fraction of sp³-hybridized carbons (Fsp3) is 1.00. The molecule has 0 aliphatic heterocycles. The van der Waals surface area contributed by atoms with Crippen LogP contribution in [0.15, 0.2) is 0 Å². The van der Waals surface area contributed by atoms with Gasteiger partial charge in [0.25, 0.3) is 0 Å². The van der Waals surface area contributed by atoms with E-state index < -0.39 is 0 Å². The maximum absolute atomic E-state index is 2.38. The third-order valence-corrected chi connectivity index (χ3v) is 4.94. The van der Waals surface area contributed by atoms with Crippen molar-refractivity contribution >= 4 is 0 Å². The van der Waals surface area contributed by atoms with E-state index >= 15 is 0 Å². The molecule has 1 fully saturated rings. The van der Waals surface area contributed by atoms with E-state index in [2.05, 4.69) is 27.7 Å². The summed E-state index contributed by atoms with van der Waals surface area (Å²) in [5.74, 6) is 0. The quantitative estimate of drug-likeness (QED) is 0.587. The highest BCUT2D eigenvalue weighted by atomic mass is 14.5. The molecule has 0 aromatic rings. The number of hydrogen-bond acceptors (Lipinski definition) is 0. The molecule has 0 unspecified atom stereocenters. The highest BCUT2D eigenvalue weighted by Gasteiger charge is 2.43. The summed E-state index contributed by atoms with van der Waals surface area (Å²) in [7, 11) is 0. The van der Waals surface area contributed by atoms with Crippen molar-refractivity contribution in [3.63, 3.8) is 0 Å². The van der Waals surface area contributed by atoms with Crippen molar-refractivity contribution in [2.75, 3.05) is 0 Å². The lowest BCUT2D eigenvalue weighted by Crippen LogP contribution is -2.20. The van der Waals surface area contributed by atoms with Gasteiger partial charge in [-0.15, -0.1) is 0 Å². The van der Waals surface area contributed by atoms with Crippen molar-refractivity contribution in [2.45, 2.75) is 72.6 Å². The molecule has 0 amide bonds. The fourth-order valence-corrected chi connectivity index (χ4v) is 3.21. The molecule has 1 saturated carbocycles. The lowest BCUT2D eigenvalue weighted by Gasteiger charge is -2.31. The number of rotatable bonds is 4. The molecule has 13 heavy (non-hydrogen) atoms. The normalized spacial score (nSPS) is 24.9.